The molecule has 0 saturated heterocycles. The van der Waals surface area contributed by atoms with Gasteiger partial charge in [-0.15, -0.1) is 0 Å². The quantitative estimate of drug-likeness (QED) is 0.914. The van der Waals surface area contributed by atoms with E-state index < -0.39 is 0 Å². The first-order valence-electron chi connectivity index (χ1n) is 8.92. The van der Waals surface area contributed by atoms with Crippen LogP contribution in [0.4, 0.5) is 5.69 Å². The molecule has 1 fully saturated rings. The van der Waals surface area contributed by atoms with Crippen LogP contribution in [0.3, 0.4) is 0 Å². The van der Waals surface area contributed by atoms with Crippen molar-refractivity contribution >= 4 is 17.8 Å². The number of benzene rings is 1. The summed E-state index contributed by atoms with van der Waals surface area (Å²) < 4.78 is 11.7. The van der Waals surface area contributed by atoms with Crippen LogP contribution in [0.15, 0.2) is 34.6 Å². The number of nitrogens with zero attached hydrogens (tertiary/aromatic N) is 2. The zero-order valence-electron chi connectivity index (χ0n) is 14.5. The Hall–Kier alpha value is -2.50. The molecular formula is C19H23N3O3. The first-order valence-corrected chi connectivity index (χ1v) is 8.92. The third kappa shape index (κ3) is 3.08. The van der Waals surface area contributed by atoms with E-state index in [0.717, 1.165) is 24.2 Å². The third-order valence-electron chi connectivity index (χ3n) is 4.98. The van der Waals surface area contributed by atoms with Crippen molar-refractivity contribution in [2.45, 2.75) is 38.2 Å². The Morgan fingerprint density at radius 3 is 2.80 bits per heavy atom. The number of anilines is 1. The fourth-order valence-corrected chi connectivity index (χ4v) is 3.64. The Morgan fingerprint density at radius 1 is 1.20 bits per heavy atom. The Morgan fingerprint density at radius 2 is 2.04 bits per heavy atom. The van der Waals surface area contributed by atoms with Gasteiger partial charge in [0.05, 0.1) is 32.0 Å². The van der Waals surface area contributed by atoms with Crippen molar-refractivity contribution in [1.29, 1.82) is 0 Å². The van der Waals surface area contributed by atoms with Crippen molar-refractivity contribution in [1.82, 2.24) is 5.32 Å². The molecule has 1 aromatic carbocycles. The molecule has 0 atom stereocenters. The number of nitrogens with one attached hydrogen (secondary N) is 1. The van der Waals surface area contributed by atoms with Gasteiger partial charge in [-0.2, -0.15) is 0 Å². The van der Waals surface area contributed by atoms with E-state index in [9.17, 15) is 4.79 Å². The highest BCUT2D eigenvalue weighted by atomic mass is 16.5. The minimum absolute atomic E-state index is 0.0766. The van der Waals surface area contributed by atoms with Gasteiger partial charge < -0.3 is 19.7 Å². The molecule has 6 heteroatoms. The summed E-state index contributed by atoms with van der Waals surface area (Å²) in [6.45, 7) is 1.18. The van der Waals surface area contributed by atoms with Gasteiger partial charge >= 0.3 is 0 Å². The summed E-state index contributed by atoms with van der Waals surface area (Å²) in [6.07, 6.45) is 7.80. The molecule has 0 bridgehead atoms. The molecule has 1 aromatic rings. The molecule has 1 N–H and O–H groups in total. The van der Waals surface area contributed by atoms with Gasteiger partial charge in [0.2, 0.25) is 0 Å². The summed E-state index contributed by atoms with van der Waals surface area (Å²) in [5, 5.41) is 3.23. The zero-order chi connectivity index (χ0) is 17.2. The van der Waals surface area contributed by atoms with Gasteiger partial charge in [-0.25, -0.2) is 0 Å². The summed E-state index contributed by atoms with van der Waals surface area (Å²) in [4.78, 5) is 18.6. The number of hydrogen-bond donors (Lipinski definition) is 1. The van der Waals surface area contributed by atoms with Gasteiger partial charge in [0.1, 0.15) is 5.70 Å². The minimum atomic E-state index is -0.0766. The van der Waals surface area contributed by atoms with Gasteiger partial charge in [0, 0.05) is 18.0 Å². The number of hydrogen-bond acceptors (Lipinski definition) is 5. The Kier molecular flexibility index (Phi) is 4.34. The molecule has 1 amide bonds. The average molecular weight is 341 g/mol. The number of aliphatic imine (C=N–C) groups is 1. The van der Waals surface area contributed by atoms with Crippen LogP contribution >= 0.6 is 0 Å². The van der Waals surface area contributed by atoms with Crippen LogP contribution in [-0.2, 0) is 4.79 Å². The van der Waals surface area contributed by atoms with Crippen LogP contribution in [-0.4, -0.2) is 38.4 Å². The molecule has 1 saturated carbocycles. The molecule has 2 aliphatic heterocycles. The molecule has 2 heterocycles. The largest absolute Gasteiger partial charge is 0.493 e. The lowest BCUT2D eigenvalue weighted by atomic mass is 9.98. The van der Waals surface area contributed by atoms with Crippen molar-refractivity contribution in [2.24, 2.45) is 4.99 Å². The van der Waals surface area contributed by atoms with Crippen molar-refractivity contribution < 1.29 is 14.3 Å². The molecule has 25 heavy (non-hydrogen) atoms. The molecule has 0 aromatic heterocycles. The third-order valence-corrected chi connectivity index (χ3v) is 4.98. The maximum absolute atomic E-state index is 12.6. The predicted octanol–water partition coefficient (Wildman–Crippen LogP) is 2.64. The molecule has 3 aliphatic rings. The monoisotopic (exact) mass is 341 g/mol. The highest BCUT2D eigenvalue weighted by Crippen LogP contribution is 2.36. The SMILES string of the molecule is COc1ccc(N2CC3=C(N=CCN3)C2=O)cc1OC1CCCCC1. The molecule has 4 rings (SSSR count). The van der Waals surface area contributed by atoms with E-state index in [1.54, 1.807) is 18.2 Å². The Labute approximate surface area is 147 Å². The summed E-state index contributed by atoms with van der Waals surface area (Å²) in [5.41, 5.74) is 2.21. The second-order valence-electron chi connectivity index (χ2n) is 6.62. The van der Waals surface area contributed by atoms with Gasteiger partial charge in [-0.1, -0.05) is 6.42 Å². The lowest BCUT2D eigenvalue weighted by molar-refractivity contribution is -0.114. The summed E-state index contributed by atoms with van der Waals surface area (Å²) in [7, 11) is 1.64. The first-order chi connectivity index (χ1) is 12.3. The fourth-order valence-electron chi connectivity index (χ4n) is 3.64. The highest BCUT2D eigenvalue weighted by Gasteiger charge is 2.33. The van der Waals surface area contributed by atoms with E-state index in [4.69, 9.17) is 9.47 Å². The number of carbonyl (C=O) groups excluding carboxylic acids is 1. The van der Waals surface area contributed by atoms with Crippen molar-refractivity contribution in [3.63, 3.8) is 0 Å². The minimum Gasteiger partial charge on any atom is -0.493 e. The van der Waals surface area contributed by atoms with Crippen molar-refractivity contribution in [2.75, 3.05) is 25.1 Å². The Balaban J connectivity index is 1.57. The fraction of sp³-hybridized carbons (Fsp3) is 0.474. The van der Waals surface area contributed by atoms with E-state index in [1.165, 1.54) is 19.3 Å². The lowest BCUT2D eigenvalue weighted by Crippen LogP contribution is -2.28. The number of carbonyl (C=O) groups is 1. The topological polar surface area (TPSA) is 63.2 Å². The molecule has 132 valence electrons. The van der Waals surface area contributed by atoms with Gasteiger partial charge in [-0.3, -0.25) is 9.79 Å². The lowest BCUT2D eigenvalue weighted by Gasteiger charge is -2.25. The van der Waals surface area contributed by atoms with Crippen LogP contribution in [0.25, 0.3) is 0 Å². The number of methoxy groups -OCH3 is 1. The molecule has 6 nitrogen and oxygen atoms in total. The average Bonchev–Trinajstić information content (AvgIpc) is 3.00. The molecule has 0 spiro atoms. The van der Waals surface area contributed by atoms with Crippen LogP contribution in [0.1, 0.15) is 32.1 Å². The number of rotatable bonds is 4. The smallest absolute Gasteiger partial charge is 0.279 e. The van der Waals surface area contributed by atoms with E-state index in [2.05, 4.69) is 10.3 Å². The van der Waals surface area contributed by atoms with Crippen LogP contribution in [0, 0.1) is 0 Å². The molecular weight excluding hydrogens is 318 g/mol. The van der Waals surface area contributed by atoms with Crippen LogP contribution in [0.2, 0.25) is 0 Å². The second kappa shape index (κ2) is 6.78. The maximum Gasteiger partial charge on any atom is 0.279 e. The van der Waals surface area contributed by atoms with E-state index in [1.807, 2.05) is 18.2 Å². The second-order valence-corrected chi connectivity index (χ2v) is 6.62. The normalized spacial score (nSPS) is 20.5. The predicted molar refractivity (Wildman–Crippen MR) is 96.4 cm³/mol. The summed E-state index contributed by atoms with van der Waals surface area (Å²) in [5.74, 6) is 1.34. The summed E-state index contributed by atoms with van der Waals surface area (Å²) in [6, 6.07) is 5.68. The number of ether oxygens (including phenoxy) is 2. The highest BCUT2D eigenvalue weighted by molar-refractivity contribution is 6.10. The van der Waals surface area contributed by atoms with E-state index in [0.29, 0.717) is 30.3 Å². The molecule has 0 unspecified atom stereocenters. The first kappa shape index (κ1) is 16.0. The maximum atomic E-state index is 12.6. The number of amides is 1. The van der Waals surface area contributed by atoms with Crippen LogP contribution in [0.5, 0.6) is 11.5 Å². The van der Waals surface area contributed by atoms with Crippen LogP contribution < -0.4 is 19.7 Å². The van der Waals surface area contributed by atoms with Crippen molar-refractivity contribution in [3.05, 3.63) is 29.6 Å². The van der Waals surface area contributed by atoms with Gasteiger partial charge in [-0.05, 0) is 37.8 Å². The summed E-state index contributed by atoms with van der Waals surface area (Å²) >= 11 is 0. The van der Waals surface area contributed by atoms with Gasteiger partial charge in [0.25, 0.3) is 5.91 Å². The van der Waals surface area contributed by atoms with E-state index in [-0.39, 0.29) is 12.0 Å². The standard InChI is InChI=1S/C19H23N3O3/c1-24-16-8-7-13(11-17(16)25-14-5-3-2-4-6-14)22-12-15-18(19(22)23)21-10-9-20-15/h7-8,10-11,14,20H,2-6,9,12H2,1H3. The van der Waals surface area contributed by atoms with E-state index >= 15 is 0 Å². The molecule has 1 aliphatic carbocycles. The molecule has 0 radical (unpaired) electrons. The zero-order valence-corrected chi connectivity index (χ0v) is 14.5. The Bertz CT molecular complexity index is 735. The van der Waals surface area contributed by atoms with Gasteiger partial charge in [0.15, 0.2) is 11.5 Å². The van der Waals surface area contributed by atoms with Crippen molar-refractivity contribution in [3.8, 4) is 11.5 Å².